The fraction of sp³-hybridized carbons (Fsp3) is 0.286. The van der Waals surface area contributed by atoms with Crippen molar-refractivity contribution in [3.63, 3.8) is 0 Å². The molecule has 1 unspecified atom stereocenters. The van der Waals surface area contributed by atoms with E-state index in [-0.39, 0.29) is 10.2 Å². The third kappa shape index (κ3) is 1.88. The fourth-order valence-electron chi connectivity index (χ4n) is 0.837. The average Bonchev–Trinajstić information content (AvgIpc) is 2.13. The molecule has 0 aliphatic heterocycles. The van der Waals surface area contributed by atoms with E-state index in [1.54, 1.807) is 0 Å². The summed E-state index contributed by atoms with van der Waals surface area (Å²) in [5.74, 6) is -0.646. The first-order valence-corrected chi connectivity index (χ1v) is 4.42. The van der Waals surface area contributed by atoms with E-state index < -0.39 is 17.5 Å². The summed E-state index contributed by atoms with van der Waals surface area (Å²) >= 11 is 11.0. The van der Waals surface area contributed by atoms with E-state index in [4.69, 9.17) is 28.9 Å². The van der Waals surface area contributed by atoms with Gasteiger partial charge in [0.1, 0.15) is 17.4 Å². The summed E-state index contributed by atoms with van der Waals surface area (Å²) in [7, 11) is 0. The molecule has 0 bridgehead atoms. The third-order valence-electron chi connectivity index (χ3n) is 1.73. The molecule has 2 N–H and O–H groups in total. The second-order valence-electron chi connectivity index (χ2n) is 2.64. The molecule has 0 fully saturated rings. The molecule has 76 valence electrons. The largest absolute Gasteiger partial charge is 0.368 e. The van der Waals surface area contributed by atoms with Gasteiger partial charge in [-0.15, -0.1) is 0 Å². The highest BCUT2D eigenvalue weighted by molar-refractivity contribution is 6.40. The zero-order valence-electron chi connectivity index (χ0n) is 7.20. The molecule has 0 radical (unpaired) electrons. The Morgan fingerprint density at radius 1 is 1.64 bits per heavy atom. The van der Waals surface area contributed by atoms with Gasteiger partial charge in [0, 0.05) is 0 Å². The topological polar surface area (TPSA) is 78.0 Å². The van der Waals surface area contributed by atoms with Gasteiger partial charge in [0.2, 0.25) is 5.91 Å². The van der Waals surface area contributed by atoms with Gasteiger partial charge in [-0.25, -0.2) is 4.98 Å². The Kier molecular flexibility index (Phi) is 3.13. The van der Waals surface area contributed by atoms with Crippen LogP contribution < -0.4 is 11.3 Å². The first kappa shape index (κ1) is 11.0. The summed E-state index contributed by atoms with van der Waals surface area (Å²) < 4.78 is 1.02. The lowest BCUT2D eigenvalue weighted by molar-refractivity contribution is -0.120. The number of halogens is 2. The Morgan fingerprint density at radius 3 is 2.71 bits per heavy atom. The van der Waals surface area contributed by atoms with Crippen molar-refractivity contribution in [2.75, 3.05) is 0 Å². The van der Waals surface area contributed by atoms with Crippen molar-refractivity contribution in [3.05, 3.63) is 26.9 Å². The van der Waals surface area contributed by atoms with Gasteiger partial charge in [0.15, 0.2) is 5.15 Å². The number of primary amides is 1. The van der Waals surface area contributed by atoms with Crippen LogP contribution in [0.25, 0.3) is 0 Å². The lowest BCUT2D eigenvalue weighted by atomic mass is 10.3. The van der Waals surface area contributed by atoms with E-state index in [0.29, 0.717) is 0 Å². The van der Waals surface area contributed by atoms with E-state index in [9.17, 15) is 9.59 Å². The number of amides is 1. The predicted molar refractivity (Wildman–Crippen MR) is 52.4 cm³/mol. The van der Waals surface area contributed by atoms with Crippen LogP contribution in [0.1, 0.15) is 13.0 Å². The van der Waals surface area contributed by atoms with Gasteiger partial charge in [0.05, 0.1) is 0 Å². The van der Waals surface area contributed by atoms with Crippen LogP contribution in [-0.2, 0) is 4.79 Å². The Bertz CT molecular complexity index is 429. The van der Waals surface area contributed by atoms with Crippen LogP contribution in [0, 0.1) is 0 Å². The van der Waals surface area contributed by atoms with Gasteiger partial charge in [-0.05, 0) is 6.92 Å². The van der Waals surface area contributed by atoms with Gasteiger partial charge in [-0.3, -0.25) is 14.2 Å². The molecule has 7 heteroatoms. The quantitative estimate of drug-likeness (QED) is 0.763. The SMILES string of the molecule is CC(C(N)=O)n1cnc(Cl)c(Cl)c1=O. The molecule has 0 spiro atoms. The number of nitrogens with two attached hydrogens (primary N) is 1. The van der Waals surface area contributed by atoms with E-state index in [1.807, 2.05) is 0 Å². The van der Waals surface area contributed by atoms with Gasteiger partial charge in [0.25, 0.3) is 5.56 Å². The van der Waals surface area contributed by atoms with Crippen molar-refractivity contribution < 1.29 is 4.79 Å². The minimum atomic E-state index is -0.801. The van der Waals surface area contributed by atoms with Gasteiger partial charge >= 0.3 is 0 Å². The molecule has 14 heavy (non-hydrogen) atoms. The zero-order valence-corrected chi connectivity index (χ0v) is 8.71. The highest BCUT2D eigenvalue weighted by atomic mass is 35.5. The predicted octanol–water partition coefficient (Wildman–Crippen LogP) is 0.596. The summed E-state index contributed by atoms with van der Waals surface area (Å²) in [6, 6.07) is -0.801. The fourth-order valence-corrected chi connectivity index (χ4v) is 1.11. The average molecular weight is 236 g/mol. The van der Waals surface area contributed by atoms with Gasteiger partial charge in [-0.2, -0.15) is 0 Å². The molecule has 1 aromatic rings. The lowest BCUT2D eigenvalue weighted by Crippen LogP contribution is -2.32. The Balaban J connectivity index is 3.32. The second kappa shape index (κ2) is 3.98. The van der Waals surface area contributed by atoms with Crippen LogP contribution in [0.5, 0.6) is 0 Å². The van der Waals surface area contributed by atoms with E-state index in [0.717, 1.165) is 10.9 Å². The van der Waals surface area contributed by atoms with Gasteiger partial charge in [-0.1, -0.05) is 23.2 Å². The van der Waals surface area contributed by atoms with Crippen molar-refractivity contribution in [3.8, 4) is 0 Å². The smallest absolute Gasteiger partial charge is 0.274 e. The first-order chi connectivity index (χ1) is 6.45. The Hall–Kier alpha value is -1.07. The van der Waals surface area contributed by atoms with Crippen molar-refractivity contribution in [2.24, 2.45) is 5.73 Å². The van der Waals surface area contributed by atoms with Crippen LogP contribution in [-0.4, -0.2) is 15.5 Å². The standard InChI is InChI=1S/C7H7Cl2N3O2/c1-3(6(10)13)12-2-11-5(9)4(8)7(12)14/h2-3H,1H3,(H2,10,13). The molecular weight excluding hydrogens is 229 g/mol. The Morgan fingerprint density at radius 2 is 2.21 bits per heavy atom. The second-order valence-corrected chi connectivity index (χ2v) is 3.38. The van der Waals surface area contributed by atoms with Crippen molar-refractivity contribution in [1.29, 1.82) is 0 Å². The molecule has 0 aromatic carbocycles. The van der Waals surface area contributed by atoms with E-state index in [2.05, 4.69) is 4.98 Å². The van der Waals surface area contributed by atoms with Crippen molar-refractivity contribution in [2.45, 2.75) is 13.0 Å². The number of nitrogens with zero attached hydrogens (tertiary/aromatic N) is 2. The summed E-state index contributed by atoms with van der Waals surface area (Å²) in [4.78, 5) is 25.9. The molecule has 5 nitrogen and oxygen atoms in total. The van der Waals surface area contributed by atoms with E-state index >= 15 is 0 Å². The molecule has 1 amide bonds. The number of hydrogen-bond acceptors (Lipinski definition) is 3. The van der Waals surface area contributed by atoms with Gasteiger partial charge < -0.3 is 5.73 Å². The molecule has 1 atom stereocenters. The number of carbonyl (C=O) groups is 1. The number of rotatable bonds is 2. The molecule has 0 aliphatic carbocycles. The van der Waals surface area contributed by atoms with Crippen LogP contribution in [0.3, 0.4) is 0 Å². The third-order valence-corrected chi connectivity index (χ3v) is 2.45. The number of carbonyl (C=O) groups excluding carboxylic acids is 1. The molecular formula is C7H7Cl2N3O2. The summed E-state index contributed by atoms with van der Waals surface area (Å²) in [6.45, 7) is 1.47. The summed E-state index contributed by atoms with van der Waals surface area (Å²) in [5, 5.41) is -0.313. The molecule has 0 saturated carbocycles. The minimum Gasteiger partial charge on any atom is -0.368 e. The van der Waals surface area contributed by atoms with Crippen molar-refractivity contribution >= 4 is 29.1 Å². The van der Waals surface area contributed by atoms with Crippen LogP contribution in [0.15, 0.2) is 11.1 Å². The first-order valence-electron chi connectivity index (χ1n) is 3.66. The number of aromatic nitrogens is 2. The molecule has 0 saturated heterocycles. The molecule has 1 rings (SSSR count). The minimum absolute atomic E-state index is 0.0930. The van der Waals surface area contributed by atoms with Crippen LogP contribution >= 0.6 is 23.2 Å². The molecule has 1 aromatic heterocycles. The maximum Gasteiger partial charge on any atom is 0.274 e. The summed E-state index contributed by atoms with van der Waals surface area (Å²) in [5.41, 5.74) is 4.44. The van der Waals surface area contributed by atoms with E-state index in [1.165, 1.54) is 6.92 Å². The summed E-state index contributed by atoms with van der Waals surface area (Å²) in [6.07, 6.45) is 1.13. The van der Waals surface area contributed by atoms with Crippen LogP contribution in [0.4, 0.5) is 0 Å². The number of hydrogen-bond donors (Lipinski definition) is 1. The maximum atomic E-state index is 11.4. The highest BCUT2D eigenvalue weighted by Crippen LogP contribution is 2.14. The highest BCUT2D eigenvalue weighted by Gasteiger charge is 2.15. The monoisotopic (exact) mass is 235 g/mol. The zero-order chi connectivity index (χ0) is 10.9. The molecule has 1 heterocycles. The van der Waals surface area contributed by atoms with Crippen LogP contribution in [0.2, 0.25) is 10.2 Å². The lowest BCUT2D eigenvalue weighted by Gasteiger charge is -2.10. The van der Waals surface area contributed by atoms with Crippen molar-refractivity contribution in [1.82, 2.24) is 9.55 Å². The Labute approximate surface area is 89.4 Å². The maximum absolute atomic E-state index is 11.4. The molecule has 0 aliphatic rings. The normalized spacial score (nSPS) is 12.5.